The number of rotatable bonds is 4. The van der Waals surface area contributed by atoms with Gasteiger partial charge in [-0.15, -0.1) is 11.3 Å². The molecule has 0 aliphatic rings. The Labute approximate surface area is 149 Å². The predicted octanol–water partition coefficient (Wildman–Crippen LogP) is 5.04. The van der Waals surface area contributed by atoms with Crippen LogP contribution in [0.2, 0.25) is 0 Å². The third-order valence-corrected chi connectivity index (χ3v) is 4.98. The van der Waals surface area contributed by atoms with Gasteiger partial charge in [0.2, 0.25) is 0 Å². The van der Waals surface area contributed by atoms with Crippen LogP contribution in [0.3, 0.4) is 0 Å². The maximum atomic E-state index is 12.4. The lowest BCUT2D eigenvalue weighted by molar-refractivity contribution is 0.102. The summed E-state index contributed by atoms with van der Waals surface area (Å²) in [6, 6.07) is 19.8. The van der Waals surface area contributed by atoms with Crippen molar-refractivity contribution in [2.45, 2.75) is 13.5 Å². The van der Waals surface area contributed by atoms with Crippen LogP contribution in [0.5, 0.6) is 0 Å². The Morgan fingerprint density at radius 1 is 1.12 bits per heavy atom. The molecule has 124 valence electrons. The van der Waals surface area contributed by atoms with Crippen LogP contribution in [0.1, 0.15) is 17.4 Å². The zero-order valence-electron chi connectivity index (χ0n) is 13.8. The summed E-state index contributed by atoms with van der Waals surface area (Å²) in [7, 11) is 0. The van der Waals surface area contributed by atoms with Gasteiger partial charge in [0.25, 0.3) is 5.91 Å². The van der Waals surface area contributed by atoms with Gasteiger partial charge < -0.3 is 9.88 Å². The molecular weight excluding hydrogens is 330 g/mol. The van der Waals surface area contributed by atoms with Crippen LogP contribution in [0.4, 0.5) is 5.69 Å². The van der Waals surface area contributed by atoms with E-state index in [1.807, 2.05) is 47.8 Å². The predicted molar refractivity (Wildman–Crippen MR) is 103 cm³/mol. The molecule has 0 aliphatic carbocycles. The van der Waals surface area contributed by atoms with Crippen LogP contribution in [-0.2, 0) is 6.54 Å². The van der Waals surface area contributed by atoms with Gasteiger partial charge in [0.15, 0.2) is 0 Å². The largest absolute Gasteiger partial charge is 0.339 e. The minimum absolute atomic E-state index is 0.187. The van der Waals surface area contributed by atoms with Gasteiger partial charge in [-0.1, -0.05) is 36.4 Å². The van der Waals surface area contributed by atoms with Crippen molar-refractivity contribution in [3.05, 3.63) is 71.7 Å². The highest BCUT2D eigenvalue weighted by atomic mass is 32.1. The smallest absolute Gasteiger partial charge is 0.275 e. The van der Waals surface area contributed by atoms with Crippen molar-refractivity contribution in [1.29, 1.82) is 0 Å². The van der Waals surface area contributed by atoms with Gasteiger partial charge in [-0.3, -0.25) is 4.79 Å². The first kappa shape index (κ1) is 15.6. The molecule has 0 saturated carbocycles. The molecule has 1 amide bonds. The van der Waals surface area contributed by atoms with Crippen LogP contribution in [0, 0.1) is 0 Å². The summed E-state index contributed by atoms with van der Waals surface area (Å²) >= 11 is 1.49. The van der Waals surface area contributed by atoms with E-state index < -0.39 is 0 Å². The van der Waals surface area contributed by atoms with Gasteiger partial charge in [-0.25, -0.2) is 4.98 Å². The third kappa shape index (κ3) is 2.94. The van der Waals surface area contributed by atoms with E-state index in [2.05, 4.69) is 40.0 Å². The number of para-hydroxylation sites is 2. The maximum Gasteiger partial charge on any atom is 0.275 e. The Bertz CT molecular complexity index is 1030. The molecule has 25 heavy (non-hydrogen) atoms. The van der Waals surface area contributed by atoms with Crippen molar-refractivity contribution in [2.24, 2.45) is 0 Å². The van der Waals surface area contributed by atoms with E-state index in [4.69, 9.17) is 0 Å². The molecular formula is C20H17N3OS. The quantitative estimate of drug-likeness (QED) is 0.562. The summed E-state index contributed by atoms with van der Waals surface area (Å²) in [4.78, 5) is 17.0. The van der Waals surface area contributed by atoms with Crippen molar-refractivity contribution in [3.8, 4) is 10.7 Å². The van der Waals surface area contributed by atoms with Gasteiger partial charge in [0.1, 0.15) is 10.7 Å². The molecule has 0 unspecified atom stereocenters. The second kappa shape index (κ2) is 6.53. The van der Waals surface area contributed by atoms with E-state index in [-0.39, 0.29) is 5.91 Å². The number of anilines is 1. The summed E-state index contributed by atoms with van der Waals surface area (Å²) in [5.41, 5.74) is 3.44. The number of hydrogen-bond acceptors (Lipinski definition) is 3. The van der Waals surface area contributed by atoms with E-state index in [1.165, 1.54) is 22.2 Å². The van der Waals surface area contributed by atoms with Crippen molar-refractivity contribution in [2.75, 3.05) is 5.32 Å². The average Bonchev–Trinajstić information content (AvgIpc) is 3.27. The number of hydrogen-bond donors (Lipinski definition) is 1. The third-order valence-electron chi connectivity index (χ3n) is 4.11. The molecule has 0 bridgehead atoms. The number of nitrogens with zero attached hydrogens (tertiary/aromatic N) is 2. The molecule has 2 aromatic carbocycles. The number of fused-ring (bicyclic) bond motifs is 1. The fraction of sp³-hybridized carbons (Fsp3) is 0.100. The first-order chi connectivity index (χ1) is 12.3. The lowest BCUT2D eigenvalue weighted by Crippen LogP contribution is -2.12. The molecule has 4 nitrogen and oxygen atoms in total. The normalized spacial score (nSPS) is 10.9. The number of carbonyl (C=O) groups excluding carboxylic acids is 1. The van der Waals surface area contributed by atoms with Gasteiger partial charge in [0, 0.05) is 28.5 Å². The summed E-state index contributed by atoms with van der Waals surface area (Å²) in [6.07, 6.45) is 0. The molecule has 0 aliphatic heterocycles. The lowest BCUT2D eigenvalue weighted by atomic mass is 10.2. The van der Waals surface area contributed by atoms with Gasteiger partial charge in [-0.05, 0) is 31.2 Å². The first-order valence-corrected chi connectivity index (χ1v) is 9.05. The zero-order chi connectivity index (χ0) is 17.2. The van der Waals surface area contributed by atoms with E-state index >= 15 is 0 Å². The molecule has 0 fully saturated rings. The summed E-state index contributed by atoms with van der Waals surface area (Å²) in [6.45, 7) is 2.97. The van der Waals surface area contributed by atoms with E-state index in [1.54, 1.807) is 0 Å². The number of thiazole rings is 1. The lowest BCUT2D eigenvalue weighted by Gasteiger charge is -2.05. The number of amides is 1. The summed E-state index contributed by atoms with van der Waals surface area (Å²) < 4.78 is 2.23. The van der Waals surface area contributed by atoms with E-state index in [0.29, 0.717) is 5.69 Å². The second-order valence-corrected chi connectivity index (χ2v) is 6.55. The second-order valence-electron chi connectivity index (χ2n) is 5.69. The number of aromatic nitrogens is 2. The molecule has 4 rings (SSSR count). The van der Waals surface area contributed by atoms with E-state index in [0.717, 1.165) is 22.9 Å². The highest BCUT2D eigenvalue weighted by molar-refractivity contribution is 7.13. The molecule has 1 N–H and O–H groups in total. The number of aryl methyl sites for hydroxylation is 1. The van der Waals surface area contributed by atoms with Crippen molar-refractivity contribution >= 4 is 33.8 Å². The van der Waals surface area contributed by atoms with Crippen LogP contribution in [0.25, 0.3) is 21.6 Å². The number of carbonyl (C=O) groups is 1. The number of nitrogens with one attached hydrogen (secondary N) is 1. The Morgan fingerprint density at radius 3 is 2.68 bits per heavy atom. The van der Waals surface area contributed by atoms with Crippen LogP contribution in [-0.4, -0.2) is 15.5 Å². The Kier molecular flexibility index (Phi) is 4.07. The van der Waals surface area contributed by atoms with Crippen LogP contribution >= 0.6 is 11.3 Å². The fourth-order valence-electron chi connectivity index (χ4n) is 2.94. The van der Waals surface area contributed by atoms with Crippen molar-refractivity contribution in [3.63, 3.8) is 0 Å². The molecule has 2 aromatic heterocycles. The summed E-state index contributed by atoms with van der Waals surface area (Å²) in [5.74, 6) is -0.187. The average molecular weight is 347 g/mol. The van der Waals surface area contributed by atoms with Crippen LogP contribution < -0.4 is 5.32 Å². The molecule has 4 aromatic rings. The Balaban J connectivity index is 1.66. The number of benzene rings is 2. The first-order valence-electron chi connectivity index (χ1n) is 8.17. The molecule has 0 saturated heterocycles. The molecule has 2 heterocycles. The minimum Gasteiger partial charge on any atom is -0.339 e. The Morgan fingerprint density at radius 2 is 1.88 bits per heavy atom. The molecule has 0 radical (unpaired) electrons. The van der Waals surface area contributed by atoms with Gasteiger partial charge in [0.05, 0.1) is 5.69 Å². The van der Waals surface area contributed by atoms with Crippen molar-refractivity contribution < 1.29 is 4.79 Å². The molecule has 0 spiro atoms. The highest BCUT2D eigenvalue weighted by Crippen LogP contribution is 2.30. The van der Waals surface area contributed by atoms with E-state index in [9.17, 15) is 4.79 Å². The fourth-order valence-corrected chi connectivity index (χ4v) is 3.76. The molecule has 5 heteroatoms. The topological polar surface area (TPSA) is 46.9 Å². The van der Waals surface area contributed by atoms with Gasteiger partial charge in [-0.2, -0.15) is 0 Å². The standard InChI is InChI=1S/C20H17N3OS/c1-2-23-17-11-7-6-8-14(17)12-18(23)20-22-16(13-25-20)19(24)21-15-9-4-3-5-10-15/h3-13H,2H2,1H3,(H,21,24). The SMILES string of the molecule is CCn1c(-c2nc(C(=O)Nc3ccccc3)cs2)cc2ccccc21. The monoisotopic (exact) mass is 347 g/mol. The summed E-state index contributed by atoms with van der Waals surface area (Å²) in [5, 5.41) is 6.73. The zero-order valence-corrected chi connectivity index (χ0v) is 14.6. The Hall–Kier alpha value is -2.92. The van der Waals surface area contributed by atoms with Crippen LogP contribution in [0.15, 0.2) is 66.0 Å². The maximum absolute atomic E-state index is 12.4. The highest BCUT2D eigenvalue weighted by Gasteiger charge is 2.16. The minimum atomic E-state index is -0.187. The van der Waals surface area contributed by atoms with Crippen molar-refractivity contribution in [1.82, 2.24) is 9.55 Å². The van der Waals surface area contributed by atoms with Gasteiger partial charge >= 0.3 is 0 Å². The molecule has 0 atom stereocenters.